The van der Waals surface area contributed by atoms with Crippen molar-refractivity contribution < 1.29 is 0 Å². The monoisotopic (exact) mass is 203 g/mol. The third-order valence-corrected chi connectivity index (χ3v) is 3.65. The number of nitrogens with one attached hydrogen (secondary N) is 1. The van der Waals surface area contributed by atoms with Crippen molar-refractivity contribution in [2.24, 2.45) is 11.8 Å². The summed E-state index contributed by atoms with van der Waals surface area (Å²) < 4.78 is 0. The van der Waals surface area contributed by atoms with Gasteiger partial charge in [0.15, 0.2) is 0 Å². The van der Waals surface area contributed by atoms with E-state index in [2.05, 4.69) is 22.3 Å². The van der Waals surface area contributed by atoms with Crippen molar-refractivity contribution in [3.63, 3.8) is 0 Å². The van der Waals surface area contributed by atoms with Crippen LogP contribution >= 0.6 is 0 Å². The van der Waals surface area contributed by atoms with Gasteiger partial charge in [0.05, 0.1) is 0 Å². The molecule has 0 amide bonds. The van der Waals surface area contributed by atoms with Gasteiger partial charge in [0.2, 0.25) is 0 Å². The van der Waals surface area contributed by atoms with Crippen LogP contribution in [0.2, 0.25) is 0 Å². The number of anilines is 2. The quantitative estimate of drug-likeness (QED) is 0.667. The van der Waals surface area contributed by atoms with Crippen molar-refractivity contribution in [1.29, 1.82) is 0 Å². The van der Waals surface area contributed by atoms with Crippen molar-refractivity contribution in [2.45, 2.75) is 0 Å². The summed E-state index contributed by atoms with van der Waals surface area (Å²) in [4.78, 5) is 2.48. The second-order valence-electron chi connectivity index (χ2n) is 4.67. The predicted molar refractivity (Wildman–Crippen MR) is 62.9 cm³/mol. The zero-order chi connectivity index (χ0) is 10.3. The first-order chi connectivity index (χ1) is 7.33. The molecular formula is C12H17N3. The van der Waals surface area contributed by atoms with Crippen molar-refractivity contribution in [3.8, 4) is 0 Å². The number of rotatable bonds is 1. The molecule has 0 unspecified atom stereocenters. The fourth-order valence-electron chi connectivity index (χ4n) is 2.75. The maximum Gasteiger partial charge on any atom is 0.0367 e. The maximum atomic E-state index is 5.69. The molecule has 0 spiro atoms. The highest BCUT2D eigenvalue weighted by Gasteiger charge is 2.35. The highest BCUT2D eigenvalue weighted by molar-refractivity contribution is 5.53. The Bertz CT molecular complexity index is 334. The summed E-state index contributed by atoms with van der Waals surface area (Å²) in [5.74, 6) is 1.70. The van der Waals surface area contributed by atoms with E-state index in [0.717, 1.165) is 17.5 Å². The van der Waals surface area contributed by atoms with E-state index in [9.17, 15) is 0 Å². The first-order valence-corrected chi connectivity index (χ1v) is 5.64. The molecule has 2 heterocycles. The number of benzene rings is 1. The van der Waals surface area contributed by atoms with Crippen LogP contribution in [-0.4, -0.2) is 26.2 Å². The molecule has 0 bridgehead atoms. The molecule has 80 valence electrons. The minimum absolute atomic E-state index is 0.847. The average Bonchev–Trinajstić information content (AvgIpc) is 2.78. The van der Waals surface area contributed by atoms with Crippen LogP contribution in [0.4, 0.5) is 11.4 Å². The fourth-order valence-corrected chi connectivity index (χ4v) is 2.75. The summed E-state index contributed by atoms with van der Waals surface area (Å²) in [6, 6.07) is 8.23. The van der Waals surface area contributed by atoms with E-state index >= 15 is 0 Å². The Morgan fingerprint density at radius 2 is 1.67 bits per heavy atom. The molecule has 3 N–H and O–H groups in total. The van der Waals surface area contributed by atoms with Gasteiger partial charge >= 0.3 is 0 Å². The molecule has 2 aliphatic rings. The van der Waals surface area contributed by atoms with Crippen LogP contribution in [0.5, 0.6) is 0 Å². The van der Waals surface area contributed by atoms with Gasteiger partial charge in [0.25, 0.3) is 0 Å². The third kappa shape index (κ3) is 1.57. The smallest absolute Gasteiger partial charge is 0.0367 e. The van der Waals surface area contributed by atoms with E-state index in [1.807, 2.05) is 12.1 Å². The van der Waals surface area contributed by atoms with Gasteiger partial charge in [-0.2, -0.15) is 0 Å². The van der Waals surface area contributed by atoms with Crippen molar-refractivity contribution in [1.82, 2.24) is 5.32 Å². The molecule has 3 nitrogen and oxygen atoms in total. The summed E-state index contributed by atoms with van der Waals surface area (Å²) in [6.07, 6.45) is 0. The van der Waals surface area contributed by atoms with Gasteiger partial charge in [0.1, 0.15) is 0 Å². The molecule has 0 aromatic heterocycles. The molecule has 2 atom stereocenters. The molecule has 0 radical (unpaired) electrons. The second-order valence-corrected chi connectivity index (χ2v) is 4.67. The van der Waals surface area contributed by atoms with Gasteiger partial charge in [-0.15, -0.1) is 0 Å². The van der Waals surface area contributed by atoms with Crippen molar-refractivity contribution >= 4 is 11.4 Å². The molecule has 2 fully saturated rings. The lowest BCUT2D eigenvalue weighted by atomic mass is 10.0. The van der Waals surface area contributed by atoms with Crippen molar-refractivity contribution in [3.05, 3.63) is 24.3 Å². The molecule has 15 heavy (non-hydrogen) atoms. The third-order valence-electron chi connectivity index (χ3n) is 3.65. The number of hydrogen-bond donors (Lipinski definition) is 2. The summed E-state index contributed by atoms with van der Waals surface area (Å²) >= 11 is 0. The molecule has 1 aromatic carbocycles. The molecule has 0 aliphatic carbocycles. The Labute approximate surface area is 90.3 Å². The van der Waals surface area contributed by atoms with E-state index < -0.39 is 0 Å². The van der Waals surface area contributed by atoms with E-state index in [0.29, 0.717) is 0 Å². The first-order valence-electron chi connectivity index (χ1n) is 5.64. The topological polar surface area (TPSA) is 41.3 Å². The highest BCUT2D eigenvalue weighted by Crippen LogP contribution is 2.30. The minimum Gasteiger partial charge on any atom is -0.399 e. The highest BCUT2D eigenvalue weighted by atomic mass is 15.2. The van der Waals surface area contributed by atoms with Gasteiger partial charge in [-0.05, 0) is 36.1 Å². The normalized spacial score (nSPS) is 29.5. The van der Waals surface area contributed by atoms with E-state index in [1.54, 1.807) is 0 Å². The summed E-state index contributed by atoms with van der Waals surface area (Å²) in [5.41, 5.74) is 7.85. The van der Waals surface area contributed by atoms with Crippen LogP contribution in [0, 0.1) is 11.8 Å². The Morgan fingerprint density at radius 1 is 1.07 bits per heavy atom. The molecule has 3 rings (SSSR count). The number of hydrogen-bond acceptors (Lipinski definition) is 3. The summed E-state index contributed by atoms with van der Waals surface area (Å²) in [6.45, 7) is 4.77. The van der Waals surface area contributed by atoms with Crippen LogP contribution in [0.1, 0.15) is 0 Å². The predicted octanol–water partition coefficient (Wildman–Crippen LogP) is 0.924. The molecule has 0 saturated carbocycles. The zero-order valence-corrected chi connectivity index (χ0v) is 8.82. The molecule has 1 aromatic rings. The molecule has 3 heteroatoms. The largest absolute Gasteiger partial charge is 0.399 e. The maximum absolute atomic E-state index is 5.69. The molecule has 2 aliphatic heterocycles. The van der Waals surface area contributed by atoms with Crippen LogP contribution in [0.25, 0.3) is 0 Å². The van der Waals surface area contributed by atoms with Gasteiger partial charge < -0.3 is 16.0 Å². The lowest BCUT2D eigenvalue weighted by molar-refractivity contribution is 0.533. The van der Waals surface area contributed by atoms with Gasteiger partial charge in [0, 0.05) is 37.6 Å². The Hall–Kier alpha value is -1.22. The lowest BCUT2D eigenvalue weighted by Gasteiger charge is -2.19. The van der Waals surface area contributed by atoms with Crippen LogP contribution < -0.4 is 16.0 Å². The summed E-state index contributed by atoms with van der Waals surface area (Å²) in [5, 5.41) is 3.46. The number of nitrogens with two attached hydrogens (primary N) is 1. The number of fused-ring (bicyclic) bond motifs is 1. The number of nitrogen functional groups attached to an aromatic ring is 1. The average molecular weight is 203 g/mol. The zero-order valence-electron chi connectivity index (χ0n) is 8.82. The van der Waals surface area contributed by atoms with Gasteiger partial charge in [-0.1, -0.05) is 0 Å². The minimum atomic E-state index is 0.847. The summed E-state index contributed by atoms with van der Waals surface area (Å²) in [7, 11) is 0. The Balaban J connectivity index is 1.76. The SMILES string of the molecule is Nc1ccc(N2C[C@@H]3CNC[C@H]3C2)cc1. The van der Waals surface area contributed by atoms with Crippen LogP contribution in [-0.2, 0) is 0 Å². The Kier molecular flexibility index (Phi) is 2.06. The van der Waals surface area contributed by atoms with Gasteiger partial charge in [-0.25, -0.2) is 0 Å². The number of nitrogens with zero attached hydrogens (tertiary/aromatic N) is 1. The van der Waals surface area contributed by atoms with E-state index in [1.165, 1.54) is 31.9 Å². The second kappa shape index (κ2) is 3.42. The van der Waals surface area contributed by atoms with Gasteiger partial charge in [-0.3, -0.25) is 0 Å². The standard InChI is InChI=1S/C12H17N3/c13-11-1-3-12(4-2-11)15-7-9-5-14-6-10(9)8-15/h1-4,9-10,14H,5-8,13H2/t9-,10-/m0/s1. The lowest BCUT2D eigenvalue weighted by Crippen LogP contribution is -2.25. The van der Waals surface area contributed by atoms with E-state index in [-0.39, 0.29) is 0 Å². The first kappa shape index (κ1) is 9.04. The molecular weight excluding hydrogens is 186 g/mol. The molecule has 2 saturated heterocycles. The van der Waals surface area contributed by atoms with Crippen LogP contribution in [0.3, 0.4) is 0 Å². The van der Waals surface area contributed by atoms with Crippen molar-refractivity contribution in [2.75, 3.05) is 36.8 Å². The van der Waals surface area contributed by atoms with E-state index in [4.69, 9.17) is 5.73 Å². The fraction of sp³-hybridized carbons (Fsp3) is 0.500. The Morgan fingerprint density at radius 3 is 2.27 bits per heavy atom. The van der Waals surface area contributed by atoms with Crippen LogP contribution in [0.15, 0.2) is 24.3 Å².